The number of nitrogens with zero attached hydrogens (tertiary/aromatic N) is 1. The molecule has 3 amide bonds. The molecule has 0 saturated carbocycles. The summed E-state index contributed by atoms with van der Waals surface area (Å²) in [6.07, 6.45) is 0. The van der Waals surface area contributed by atoms with Gasteiger partial charge >= 0.3 is 6.03 Å². The number of carbonyl (C=O) groups excluding carboxylic acids is 2. The number of imide groups is 1. The smallest absolute Gasteiger partial charge is 0.321 e. The molecule has 6 nitrogen and oxygen atoms in total. The summed E-state index contributed by atoms with van der Waals surface area (Å²) in [5.74, 6) is 0.944. The van der Waals surface area contributed by atoms with Crippen LogP contribution in [0, 0.1) is 0 Å². The fourth-order valence-electron chi connectivity index (χ4n) is 2.31. The largest absolute Gasteiger partial charge is 0.455 e. The molecule has 0 aliphatic heterocycles. The van der Waals surface area contributed by atoms with E-state index in [1.807, 2.05) is 75.4 Å². The van der Waals surface area contributed by atoms with Crippen LogP contribution in [0.5, 0.6) is 11.5 Å². The van der Waals surface area contributed by atoms with Crippen LogP contribution in [0.3, 0.4) is 0 Å². The van der Waals surface area contributed by atoms with Crippen LogP contribution in [0.4, 0.5) is 10.5 Å². The van der Waals surface area contributed by atoms with Crippen LogP contribution in [0.2, 0.25) is 0 Å². The van der Waals surface area contributed by atoms with Crippen LogP contribution in [0.1, 0.15) is 20.8 Å². The highest BCUT2D eigenvalue weighted by Crippen LogP contribution is 2.31. The van der Waals surface area contributed by atoms with Gasteiger partial charge < -0.3 is 15.0 Å². The van der Waals surface area contributed by atoms with E-state index in [2.05, 4.69) is 10.6 Å². The van der Waals surface area contributed by atoms with Crippen molar-refractivity contribution in [1.29, 1.82) is 0 Å². The molecule has 0 aromatic heterocycles. The van der Waals surface area contributed by atoms with Gasteiger partial charge in [0.1, 0.15) is 5.75 Å². The van der Waals surface area contributed by atoms with Crippen molar-refractivity contribution in [2.75, 3.05) is 18.5 Å². The van der Waals surface area contributed by atoms with E-state index in [0.717, 1.165) is 5.69 Å². The summed E-state index contributed by atoms with van der Waals surface area (Å²) in [4.78, 5) is 25.7. The van der Waals surface area contributed by atoms with Crippen molar-refractivity contribution in [2.45, 2.75) is 26.3 Å². The summed E-state index contributed by atoms with van der Waals surface area (Å²) in [5, 5.41) is 5.03. The molecule has 2 rings (SSSR count). The lowest BCUT2D eigenvalue weighted by Crippen LogP contribution is -2.50. The van der Waals surface area contributed by atoms with Crippen molar-refractivity contribution in [1.82, 2.24) is 10.6 Å². The normalized spacial score (nSPS) is 10.8. The first-order chi connectivity index (χ1) is 12.2. The Morgan fingerprint density at radius 2 is 1.62 bits per heavy atom. The number of anilines is 1. The molecule has 0 saturated heterocycles. The zero-order valence-corrected chi connectivity index (χ0v) is 15.6. The number of ether oxygens (including phenoxy) is 1. The van der Waals surface area contributed by atoms with E-state index in [4.69, 9.17) is 4.74 Å². The Morgan fingerprint density at radius 1 is 1.00 bits per heavy atom. The van der Waals surface area contributed by atoms with Gasteiger partial charge in [0.05, 0.1) is 12.2 Å². The van der Waals surface area contributed by atoms with E-state index < -0.39 is 17.5 Å². The number of benzene rings is 2. The minimum Gasteiger partial charge on any atom is -0.455 e. The van der Waals surface area contributed by atoms with Crippen LogP contribution < -0.4 is 20.3 Å². The summed E-state index contributed by atoms with van der Waals surface area (Å²) in [7, 11) is 1.77. The van der Waals surface area contributed by atoms with Crippen molar-refractivity contribution in [3.8, 4) is 11.5 Å². The fraction of sp³-hybridized carbons (Fsp3) is 0.300. The van der Waals surface area contributed by atoms with Crippen LogP contribution in [0.25, 0.3) is 0 Å². The number of amides is 3. The van der Waals surface area contributed by atoms with Crippen molar-refractivity contribution >= 4 is 17.6 Å². The van der Waals surface area contributed by atoms with Gasteiger partial charge in [0, 0.05) is 12.6 Å². The second-order valence-electron chi connectivity index (χ2n) is 6.99. The molecule has 0 unspecified atom stereocenters. The first-order valence-corrected chi connectivity index (χ1v) is 8.40. The van der Waals surface area contributed by atoms with E-state index in [1.165, 1.54) is 0 Å². The Kier molecular flexibility index (Phi) is 6.22. The predicted octanol–water partition coefficient (Wildman–Crippen LogP) is 3.54. The van der Waals surface area contributed by atoms with Crippen LogP contribution in [-0.2, 0) is 4.79 Å². The number of nitrogens with one attached hydrogen (secondary N) is 2. The third-order valence-electron chi connectivity index (χ3n) is 3.37. The number of likely N-dealkylation sites (N-methyl/N-ethyl adjacent to an activating group) is 1. The topological polar surface area (TPSA) is 70.7 Å². The minimum atomic E-state index is -0.510. The maximum Gasteiger partial charge on any atom is 0.321 e. The molecule has 0 spiro atoms. The third kappa shape index (κ3) is 6.12. The van der Waals surface area contributed by atoms with Gasteiger partial charge in [-0.05, 0) is 45.0 Å². The molecule has 2 aromatic rings. The molecule has 0 radical (unpaired) electrons. The van der Waals surface area contributed by atoms with Crippen LogP contribution >= 0.6 is 0 Å². The highest BCUT2D eigenvalue weighted by molar-refractivity contribution is 5.96. The number of urea groups is 1. The highest BCUT2D eigenvalue weighted by atomic mass is 16.5. The second kappa shape index (κ2) is 8.38. The van der Waals surface area contributed by atoms with E-state index >= 15 is 0 Å². The zero-order valence-electron chi connectivity index (χ0n) is 15.6. The number of hydrogen-bond donors (Lipinski definition) is 2. The molecule has 0 atom stereocenters. The van der Waals surface area contributed by atoms with E-state index in [9.17, 15) is 9.59 Å². The lowest BCUT2D eigenvalue weighted by atomic mass is 10.1. The number of para-hydroxylation sites is 3. The third-order valence-corrected chi connectivity index (χ3v) is 3.37. The van der Waals surface area contributed by atoms with Crippen LogP contribution in [0.15, 0.2) is 54.6 Å². The lowest BCUT2D eigenvalue weighted by molar-refractivity contribution is -0.118. The average molecular weight is 355 g/mol. The monoisotopic (exact) mass is 355 g/mol. The molecule has 6 heteroatoms. The summed E-state index contributed by atoms with van der Waals surface area (Å²) in [6, 6.07) is 16.3. The van der Waals surface area contributed by atoms with Gasteiger partial charge in [-0.3, -0.25) is 10.1 Å². The Labute approximate surface area is 154 Å². The molecule has 26 heavy (non-hydrogen) atoms. The van der Waals surface area contributed by atoms with Gasteiger partial charge in [-0.15, -0.1) is 0 Å². The number of hydrogen-bond acceptors (Lipinski definition) is 4. The summed E-state index contributed by atoms with van der Waals surface area (Å²) in [5.41, 5.74) is 0.342. The molecule has 0 fully saturated rings. The molecular formula is C20H25N3O3. The van der Waals surface area contributed by atoms with Crippen molar-refractivity contribution < 1.29 is 14.3 Å². The molecular weight excluding hydrogens is 330 g/mol. The molecule has 0 aliphatic carbocycles. The number of rotatable bonds is 5. The molecule has 0 bridgehead atoms. The van der Waals surface area contributed by atoms with Crippen LogP contribution in [-0.4, -0.2) is 31.1 Å². The second-order valence-corrected chi connectivity index (χ2v) is 6.99. The van der Waals surface area contributed by atoms with Gasteiger partial charge in [0.15, 0.2) is 5.75 Å². The van der Waals surface area contributed by atoms with Crippen molar-refractivity contribution in [2.24, 2.45) is 0 Å². The van der Waals surface area contributed by atoms with E-state index in [1.54, 1.807) is 11.9 Å². The zero-order chi connectivity index (χ0) is 19.2. The summed E-state index contributed by atoms with van der Waals surface area (Å²) >= 11 is 0. The highest BCUT2D eigenvalue weighted by Gasteiger charge is 2.17. The minimum absolute atomic E-state index is 0.0206. The average Bonchev–Trinajstić information content (AvgIpc) is 2.54. The van der Waals surface area contributed by atoms with Gasteiger partial charge in [0.2, 0.25) is 5.91 Å². The predicted molar refractivity (Wildman–Crippen MR) is 103 cm³/mol. The first-order valence-electron chi connectivity index (χ1n) is 8.40. The van der Waals surface area contributed by atoms with Gasteiger partial charge in [-0.25, -0.2) is 4.79 Å². The molecule has 138 valence electrons. The van der Waals surface area contributed by atoms with E-state index in [-0.39, 0.29) is 6.54 Å². The SMILES string of the molecule is CN(CC(=O)NC(=O)NC(C)(C)C)c1ccccc1Oc1ccccc1. The Bertz CT molecular complexity index is 754. The molecule has 0 aliphatic rings. The molecule has 2 N–H and O–H groups in total. The maximum absolute atomic E-state index is 12.1. The summed E-state index contributed by atoms with van der Waals surface area (Å²) in [6.45, 7) is 5.56. The van der Waals surface area contributed by atoms with Gasteiger partial charge in [0.25, 0.3) is 0 Å². The van der Waals surface area contributed by atoms with Crippen molar-refractivity contribution in [3.63, 3.8) is 0 Å². The fourth-order valence-corrected chi connectivity index (χ4v) is 2.31. The molecule has 0 heterocycles. The first kappa shape index (κ1) is 19.3. The van der Waals surface area contributed by atoms with Gasteiger partial charge in [-0.1, -0.05) is 30.3 Å². The summed E-state index contributed by atoms with van der Waals surface area (Å²) < 4.78 is 5.91. The molecule has 2 aromatic carbocycles. The van der Waals surface area contributed by atoms with Gasteiger partial charge in [-0.2, -0.15) is 0 Å². The Hall–Kier alpha value is -3.02. The van der Waals surface area contributed by atoms with E-state index in [0.29, 0.717) is 11.5 Å². The standard InChI is InChI=1S/C20H25N3O3/c1-20(2,3)22-19(25)21-18(24)14-23(4)16-12-8-9-13-17(16)26-15-10-6-5-7-11-15/h5-13H,14H2,1-4H3,(H2,21,22,24,25). The Morgan fingerprint density at radius 3 is 2.27 bits per heavy atom. The lowest BCUT2D eigenvalue weighted by Gasteiger charge is -2.23. The maximum atomic E-state index is 12.1. The quantitative estimate of drug-likeness (QED) is 0.861. The van der Waals surface area contributed by atoms with Crippen molar-refractivity contribution in [3.05, 3.63) is 54.6 Å². The Balaban J connectivity index is 2.02. The number of carbonyl (C=O) groups is 2.